The molecule has 1 fully saturated rings. The summed E-state index contributed by atoms with van der Waals surface area (Å²) in [6, 6.07) is 10.2. The number of aromatic nitrogens is 2. The summed E-state index contributed by atoms with van der Waals surface area (Å²) in [6.45, 7) is 3.48. The van der Waals surface area contributed by atoms with Gasteiger partial charge in [-0.25, -0.2) is 0 Å². The number of hydrogen-bond donors (Lipinski definition) is 1. The largest absolute Gasteiger partial charge is 0.416 e. The lowest BCUT2D eigenvalue weighted by molar-refractivity contribution is -0.138. The van der Waals surface area contributed by atoms with Crippen LogP contribution in [0, 0.1) is 6.92 Å². The van der Waals surface area contributed by atoms with Gasteiger partial charge in [-0.3, -0.25) is 9.48 Å². The van der Waals surface area contributed by atoms with Crippen LogP contribution < -0.4 is 5.32 Å². The van der Waals surface area contributed by atoms with Gasteiger partial charge in [-0.15, -0.1) is 0 Å². The Morgan fingerprint density at radius 1 is 1.26 bits per heavy atom. The van der Waals surface area contributed by atoms with Crippen molar-refractivity contribution in [3.63, 3.8) is 0 Å². The first-order valence-corrected chi connectivity index (χ1v) is 12.1. The molecule has 6 nitrogen and oxygen atoms in total. The fourth-order valence-electron chi connectivity index (χ4n) is 4.40. The Kier molecular flexibility index (Phi) is 6.18. The minimum Gasteiger partial charge on any atom is -0.350 e. The van der Waals surface area contributed by atoms with Gasteiger partial charge in [0, 0.05) is 25.0 Å². The smallest absolute Gasteiger partial charge is 0.350 e. The van der Waals surface area contributed by atoms with Crippen LogP contribution >= 0.6 is 11.8 Å². The number of benzene rings is 2. The number of aryl methyl sites for hydroxylation is 1. The summed E-state index contributed by atoms with van der Waals surface area (Å²) >= 11 is 1.36. The number of nitrogens with zero attached hydrogens (tertiary/aromatic N) is 4. The zero-order chi connectivity index (χ0) is 24.7. The number of alkyl halides is 3. The third kappa shape index (κ3) is 4.85. The summed E-state index contributed by atoms with van der Waals surface area (Å²) in [4.78, 5) is 19.3. The van der Waals surface area contributed by atoms with Gasteiger partial charge in [0.15, 0.2) is 5.17 Å². The van der Waals surface area contributed by atoms with E-state index < -0.39 is 11.7 Å². The van der Waals surface area contributed by atoms with Gasteiger partial charge in [-0.05, 0) is 67.1 Å². The molecule has 2 aliphatic heterocycles. The highest BCUT2D eigenvalue weighted by Crippen LogP contribution is 2.34. The number of carbonyl (C=O) groups is 1. The number of amides is 1. The number of carbonyl (C=O) groups excluding carboxylic acids is 1. The molecule has 1 saturated heterocycles. The molecule has 1 N–H and O–H groups in total. The van der Waals surface area contributed by atoms with Crippen molar-refractivity contribution < 1.29 is 18.0 Å². The third-order valence-corrected chi connectivity index (χ3v) is 7.42. The molecule has 0 spiro atoms. The predicted molar refractivity (Wildman–Crippen MR) is 132 cm³/mol. The standard InChI is InChI=1S/C25H24F3N5OS/c1-15-3-5-17(20(9-15)25(26,27)28)14-33-21-6-4-16(10-18(21)12-30-33)11-22-23(34)31-24(35-22)32(2)19-7-8-29-13-19/h3-6,9-12,19,29H,7-8,13-14H2,1-2H3/b22-11-. The summed E-state index contributed by atoms with van der Waals surface area (Å²) in [7, 11) is 1.96. The van der Waals surface area contributed by atoms with E-state index in [9.17, 15) is 18.0 Å². The Labute approximate surface area is 204 Å². The van der Waals surface area contributed by atoms with Crippen molar-refractivity contribution in [2.45, 2.75) is 32.1 Å². The van der Waals surface area contributed by atoms with E-state index in [4.69, 9.17) is 0 Å². The van der Waals surface area contributed by atoms with Crippen LogP contribution in [0.15, 0.2) is 52.5 Å². The van der Waals surface area contributed by atoms with Crippen LogP contribution in [0.2, 0.25) is 0 Å². The van der Waals surface area contributed by atoms with E-state index in [-0.39, 0.29) is 18.0 Å². The minimum atomic E-state index is -4.43. The molecular weight excluding hydrogens is 475 g/mol. The van der Waals surface area contributed by atoms with Gasteiger partial charge in [0.05, 0.1) is 28.7 Å². The summed E-state index contributed by atoms with van der Waals surface area (Å²) in [6.07, 6.45) is 0.00337. The maximum atomic E-state index is 13.5. The fraction of sp³-hybridized carbons (Fsp3) is 0.320. The Bertz CT molecular complexity index is 1350. The highest BCUT2D eigenvalue weighted by molar-refractivity contribution is 8.18. The number of likely N-dealkylation sites (N-methyl/N-ethyl adjacent to an activating group) is 1. The summed E-state index contributed by atoms with van der Waals surface area (Å²) in [5.74, 6) is -0.266. The zero-order valence-electron chi connectivity index (χ0n) is 19.3. The van der Waals surface area contributed by atoms with Gasteiger partial charge in [0.1, 0.15) is 0 Å². The van der Waals surface area contributed by atoms with Crippen molar-refractivity contribution in [1.82, 2.24) is 20.0 Å². The lowest BCUT2D eigenvalue weighted by Gasteiger charge is -2.24. The molecule has 35 heavy (non-hydrogen) atoms. The maximum absolute atomic E-state index is 13.5. The van der Waals surface area contributed by atoms with Crippen LogP contribution in [-0.2, 0) is 17.5 Å². The first-order valence-electron chi connectivity index (χ1n) is 11.3. The number of fused-ring (bicyclic) bond motifs is 1. The fourth-order valence-corrected chi connectivity index (χ4v) is 5.35. The average molecular weight is 500 g/mol. The molecule has 1 unspecified atom stereocenters. The van der Waals surface area contributed by atoms with E-state index in [1.807, 2.05) is 25.2 Å². The first-order chi connectivity index (χ1) is 16.7. The van der Waals surface area contributed by atoms with Gasteiger partial charge in [-0.1, -0.05) is 23.8 Å². The molecule has 0 saturated carbocycles. The number of amidine groups is 1. The molecule has 3 heterocycles. The van der Waals surface area contributed by atoms with Crippen molar-refractivity contribution in [2.24, 2.45) is 4.99 Å². The Hall–Kier alpha value is -3.11. The van der Waals surface area contributed by atoms with Crippen LogP contribution in [0.3, 0.4) is 0 Å². The maximum Gasteiger partial charge on any atom is 0.416 e. The molecule has 0 radical (unpaired) electrons. The SMILES string of the molecule is Cc1ccc(Cn2ncc3cc(/C=C4\SC(N(C)C5CCNC5)=NC4=O)ccc32)c(C(F)(F)F)c1. The highest BCUT2D eigenvalue weighted by Gasteiger charge is 2.33. The number of halogens is 3. The molecule has 182 valence electrons. The monoisotopic (exact) mass is 499 g/mol. The van der Waals surface area contributed by atoms with Crippen molar-refractivity contribution in [3.05, 3.63) is 69.8 Å². The van der Waals surface area contributed by atoms with Crippen LogP contribution in [-0.4, -0.2) is 51.9 Å². The molecule has 5 rings (SSSR count). The van der Waals surface area contributed by atoms with E-state index in [0.29, 0.717) is 21.7 Å². The molecule has 2 aliphatic rings. The lowest BCUT2D eigenvalue weighted by Crippen LogP contribution is -2.36. The minimum absolute atomic E-state index is 0.00690. The second-order valence-corrected chi connectivity index (χ2v) is 9.86. The van der Waals surface area contributed by atoms with Gasteiger partial charge >= 0.3 is 6.18 Å². The summed E-state index contributed by atoms with van der Waals surface area (Å²) < 4.78 is 42.2. The molecule has 0 bridgehead atoms. The highest BCUT2D eigenvalue weighted by atomic mass is 32.2. The van der Waals surface area contributed by atoms with Crippen molar-refractivity contribution >= 4 is 39.8 Å². The van der Waals surface area contributed by atoms with E-state index in [2.05, 4.69) is 20.3 Å². The Morgan fingerprint density at radius 3 is 2.83 bits per heavy atom. The summed E-state index contributed by atoms with van der Waals surface area (Å²) in [5.41, 5.74) is 1.60. The predicted octanol–water partition coefficient (Wildman–Crippen LogP) is 4.68. The first kappa shape index (κ1) is 23.6. The van der Waals surface area contributed by atoms with E-state index in [1.165, 1.54) is 23.9 Å². The third-order valence-electron chi connectivity index (χ3n) is 6.35. The van der Waals surface area contributed by atoms with Crippen LogP contribution in [0.5, 0.6) is 0 Å². The lowest BCUT2D eigenvalue weighted by atomic mass is 10.0. The van der Waals surface area contributed by atoms with Gasteiger partial charge in [0.2, 0.25) is 0 Å². The second kappa shape index (κ2) is 9.16. The molecule has 2 aromatic carbocycles. The van der Waals surface area contributed by atoms with Gasteiger partial charge in [-0.2, -0.15) is 23.3 Å². The molecule has 1 amide bonds. The van der Waals surface area contributed by atoms with Gasteiger partial charge < -0.3 is 10.2 Å². The molecular formula is C25H24F3N5OS. The number of nitrogens with one attached hydrogen (secondary N) is 1. The Balaban J connectivity index is 1.36. The summed E-state index contributed by atoms with van der Waals surface area (Å²) in [5, 5.41) is 9.12. The average Bonchev–Trinajstić information content (AvgIpc) is 3.55. The van der Waals surface area contributed by atoms with Crippen LogP contribution in [0.4, 0.5) is 13.2 Å². The molecule has 0 aliphatic carbocycles. The molecule has 10 heteroatoms. The van der Waals surface area contributed by atoms with Crippen LogP contribution in [0.1, 0.15) is 28.7 Å². The normalized spacial score (nSPS) is 19.7. The van der Waals surface area contributed by atoms with Crippen molar-refractivity contribution in [1.29, 1.82) is 0 Å². The number of rotatable bonds is 4. The van der Waals surface area contributed by atoms with E-state index in [1.54, 1.807) is 29.9 Å². The molecule has 1 aromatic heterocycles. The number of aliphatic imine (C=N–C) groups is 1. The van der Waals surface area contributed by atoms with Gasteiger partial charge in [0.25, 0.3) is 5.91 Å². The number of thioether (sulfide) groups is 1. The van der Waals surface area contributed by atoms with Crippen molar-refractivity contribution in [2.75, 3.05) is 20.1 Å². The topological polar surface area (TPSA) is 62.5 Å². The van der Waals surface area contributed by atoms with E-state index >= 15 is 0 Å². The Morgan fingerprint density at radius 2 is 2.09 bits per heavy atom. The van der Waals surface area contributed by atoms with E-state index in [0.717, 1.165) is 36.0 Å². The van der Waals surface area contributed by atoms with Crippen LogP contribution in [0.25, 0.3) is 17.0 Å². The van der Waals surface area contributed by atoms with Crippen molar-refractivity contribution in [3.8, 4) is 0 Å². The zero-order valence-corrected chi connectivity index (χ0v) is 20.1. The molecule has 1 atom stereocenters. The quantitative estimate of drug-likeness (QED) is 0.529. The molecule has 3 aromatic rings. The number of hydrogen-bond acceptors (Lipinski definition) is 5. The second-order valence-electron chi connectivity index (χ2n) is 8.85.